The highest BCUT2D eigenvalue weighted by Gasteiger charge is 2.36. The first-order chi connectivity index (χ1) is 15.5. The molecule has 6 nitrogen and oxygen atoms in total. The quantitative estimate of drug-likeness (QED) is 0.536. The van der Waals surface area contributed by atoms with Crippen LogP contribution in [-0.4, -0.2) is 31.4 Å². The van der Waals surface area contributed by atoms with E-state index in [9.17, 15) is 10.1 Å². The summed E-state index contributed by atoms with van der Waals surface area (Å²) in [6, 6.07) is 13.3. The van der Waals surface area contributed by atoms with E-state index in [1.54, 1.807) is 26.2 Å². The third-order valence-corrected chi connectivity index (χ3v) is 6.57. The monoisotopic (exact) mass is 451 g/mol. The Labute approximate surface area is 193 Å². The fourth-order valence-electron chi connectivity index (χ4n) is 4.65. The molecule has 0 N–H and O–H groups in total. The second kappa shape index (κ2) is 9.62. The van der Waals surface area contributed by atoms with Crippen molar-refractivity contribution in [3.8, 4) is 11.8 Å². The average Bonchev–Trinajstić information content (AvgIpc) is 3.48. The van der Waals surface area contributed by atoms with E-state index in [-0.39, 0.29) is 6.04 Å². The third kappa shape index (κ3) is 4.31. The Kier molecular flexibility index (Phi) is 6.66. The van der Waals surface area contributed by atoms with Crippen LogP contribution in [0.3, 0.4) is 0 Å². The van der Waals surface area contributed by atoms with E-state index < -0.39 is 5.97 Å². The molecule has 1 aliphatic carbocycles. The predicted octanol–water partition coefficient (Wildman–Crippen LogP) is 5.57. The number of carbonyl (C=O) groups is 1. The van der Waals surface area contributed by atoms with Crippen LogP contribution in [0, 0.1) is 17.2 Å². The summed E-state index contributed by atoms with van der Waals surface area (Å²) < 4.78 is 10.6. The molecule has 2 aromatic rings. The van der Waals surface area contributed by atoms with Crippen LogP contribution < -0.4 is 9.75 Å². The molecule has 166 valence electrons. The van der Waals surface area contributed by atoms with Crippen LogP contribution in [0.15, 0.2) is 41.5 Å². The first-order valence-corrected chi connectivity index (χ1v) is 11.4. The molecule has 2 aliphatic rings. The number of carbonyl (C=O) groups excluding carboxylic acids is 1. The molecule has 0 amide bonds. The number of nitriles is 1. The molecule has 1 atom stereocenters. The van der Waals surface area contributed by atoms with Gasteiger partial charge < -0.3 is 9.47 Å². The van der Waals surface area contributed by atoms with Crippen LogP contribution in [0.25, 0.3) is 0 Å². The van der Waals surface area contributed by atoms with Gasteiger partial charge in [-0.15, -0.1) is 0 Å². The molecule has 0 saturated heterocycles. The highest BCUT2D eigenvalue weighted by atomic mass is 35.5. The Morgan fingerprint density at radius 2 is 2.03 bits per heavy atom. The van der Waals surface area contributed by atoms with Crippen molar-refractivity contribution in [3.05, 3.63) is 58.1 Å². The van der Waals surface area contributed by atoms with E-state index in [0.717, 1.165) is 23.4 Å². The lowest BCUT2D eigenvalue weighted by Gasteiger charge is -2.28. The van der Waals surface area contributed by atoms with Crippen molar-refractivity contribution in [2.75, 3.05) is 18.7 Å². The zero-order chi connectivity index (χ0) is 22.7. The van der Waals surface area contributed by atoms with Crippen molar-refractivity contribution in [3.63, 3.8) is 0 Å². The van der Waals surface area contributed by atoms with Crippen molar-refractivity contribution in [2.24, 2.45) is 11.0 Å². The van der Waals surface area contributed by atoms with Crippen LogP contribution in [0.1, 0.15) is 60.5 Å². The maximum Gasteiger partial charge on any atom is 0.341 e. The van der Waals surface area contributed by atoms with Gasteiger partial charge in [0.15, 0.2) is 0 Å². The van der Waals surface area contributed by atoms with Crippen LogP contribution in [0.5, 0.6) is 5.75 Å². The summed E-state index contributed by atoms with van der Waals surface area (Å²) in [5, 5.41) is 16.7. The summed E-state index contributed by atoms with van der Waals surface area (Å²) >= 11 is 6.32. The molecule has 1 heterocycles. The van der Waals surface area contributed by atoms with Gasteiger partial charge in [0.25, 0.3) is 0 Å². The summed E-state index contributed by atoms with van der Waals surface area (Å²) in [4.78, 5) is 12.2. The van der Waals surface area contributed by atoms with Crippen molar-refractivity contribution in [1.82, 2.24) is 0 Å². The number of ether oxygens (including phenoxy) is 2. The second-order valence-corrected chi connectivity index (χ2v) is 8.53. The molecule has 1 saturated carbocycles. The summed E-state index contributed by atoms with van der Waals surface area (Å²) in [7, 11) is 1.55. The summed E-state index contributed by atoms with van der Waals surface area (Å²) in [6.45, 7) is 2.08. The number of halogens is 1. The van der Waals surface area contributed by atoms with Gasteiger partial charge in [-0.05, 0) is 56.0 Å². The minimum Gasteiger partial charge on any atom is -0.496 e. The molecule has 7 heteroatoms. The molecule has 0 spiro atoms. The fourth-order valence-corrected chi connectivity index (χ4v) is 4.87. The topological polar surface area (TPSA) is 74.9 Å². The summed E-state index contributed by atoms with van der Waals surface area (Å²) in [5.74, 6) is 0.620. The van der Waals surface area contributed by atoms with Gasteiger partial charge in [-0.25, -0.2) is 4.79 Å². The Morgan fingerprint density at radius 3 is 2.69 bits per heavy atom. The minimum atomic E-state index is -0.401. The Hall–Kier alpha value is -3.04. The summed E-state index contributed by atoms with van der Waals surface area (Å²) in [5.41, 5.74) is 3.60. The molecule has 32 heavy (non-hydrogen) atoms. The zero-order valence-electron chi connectivity index (χ0n) is 18.3. The van der Waals surface area contributed by atoms with Gasteiger partial charge in [0.05, 0.1) is 41.7 Å². The first-order valence-electron chi connectivity index (χ1n) is 11.0. The van der Waals surface area contributed by atoms with Crippen molar-refractivity contribution in [2.45, 2.75) is 45.1 Å². The number of benzene rings is 2. The lowest BCUT2D eigenvalue weighted by atomic mass is 9.91. The van der Waals surface area contributed by atoms with Crippen molar-refractivity contribution < 1.29 is 14.3 Å². The van der Waals surface area contributed by atoms with Crippen molar-refractivity contribution >= 4 is 29.0 Å². The molecule has 2 aromatic carbocycles. The third-order valence-electron chi connectivity index (χ3n) is 6.26. The van der Waals surface area contributed by atoms with Gasteiger partial charge in [-0.3, -0.25) is 5.01 Å². The zero-order valence-corrected chi connectivity index (χ0v) is 19.1. The highest BCUT2D eigenvalue weighted by molar-refractivity contribution is 6.32. The molecule has 4 rings (SSSR count). The maximum absolute atomic E-state index is 12.2. The predicted molar refractivity (Wildman–Crippen MR) is 124 cm³/mol. The van der Waals surface area contributed by atoms with Gasteiger partial charge >= 0.3 is 5.97 Å². The van der Waals surface area contributed by atoms with E-state index in [4.69, 9.17) is 26.2 Å². The molecule has 0 radical (unpaired) electrons. The van der Waals surface area contributed by atoms with Crippen LogP contribution in [-0.2, 0) is 4.74 Å². The van der Waals surface area contributed by atoms with E-state index in [1.165, 1.54) is 25.7 Å². The lowest BCUT2D eigenvalue weighted by molar-refractivity contribution is 0.0522. The van der Waals surface area contributed by atoms with Gasteiger partial charge in [-0.1, -0.05) is 30.5 Å². The molecular formula is C25H26ClN3O3. The van der Waals surface area contributed by atoms with Crippen molar-refractivity contribution in [1.29, 1.82) is 5.26 Å². The van der Waals surface area contributed by atoms with Crippen LogP contribution in [0.4, 0.5) is 5.69 Å². The van der Waals surface area contributed by atoms with Crippen LogP contribution in [0.2, 0.25) is 5.02 Å². The average molecular weight is 452 g/mol. The van der Waals surface area contributed by atoms with E-state index in [1.807, 2.05) is 24.3 Å². The van der Waals surface area contributed by atoms with Gasteiger partial charge in [0.2, 0.25) is 0 Å². The number of hydrogen-bond donors (Lipinski definition) is 0. The van der Waals surface area contributed by atoms with E-state index in [2.05, 4.69) is 11.1 Å². The standard InChI is InChI=1S/C25H26ClN3O3/c1-3-32-25(30)20-11-9-17(12-24(20)31-2)22-14-23(16-6-4-5-7-16)29(28-22)19-10-8-18(15-27)21(26)13-19/h8-13,16,23H,3-7,14H2,1-2H3. The minimum absolute atomic E-state index is 0.229. The smallest absolute Gasteiger partial charge is 0.341 e. The molecule has 0 aromatic heterocycles. The molecule has 1 unspecified atom stereocenters. The number of anilines is 1. The molecule has 1 fully saturated rings. The highest BCUT2D eigenvalue weighted by Crippen LogP contribution is 2.39. The first kappa shape index (κ1) is 22.2. The largest absolute Gasteiger partial charge is 0.496 e. The Balaban J connectivity index is 1.69. The fraction of sp³-hybridized carbons (Fsp3) is 0.400. The Bertz CT molecular complexity index is 1090. The molecule has 0 bridgehead atoms. The number of hydrogen-bond acceptors (Lipinski definition) is 6. The number of rotatable bonds is 6. The number of nitrogens with zero attached hydrogens (tertiary/aromatic N) is 3. The number of hydrazone groups is 1. The van der Waals surface area contributed by atoms with E-state index >= 15 is 0 Å². The molecular weight excluding hydrogens is 426 g/mol. The van der Waals surface area contributed by atoms with E-state index in [0.29, 0.717) is 34.4 Å². The number of esters is 1. The van der Waals surface area contributed by atoms with Crippen LogP contribution >= 0.6 is 11.6 Å². The van der Waals surface area contributed by atoms with Gasteiger partial charge in [0.1, 0.15) is 17.4 Å². The number of methoxy groups -OCH3 is 1. The Morgan fingerprint density at radius 1 is 1.25 bits per heavy atom. The summed E-state index contributed by atoms with van der Waals surface area (Å²) in [6.07, 6.45) is 5.63. The van der Waals surface area contributed by atoms with Gasteiger partial charge in [-0.2, -0.15) is 10.4 Å². The maximum atomic E-state index is 12.2. The molecule has 1 aliphatic heterocycles. The normalized spacial score (nSPS) is 18.4. The SMILES string of the molecule is CCOC(=O)c1ccc(C2=NN(c3ccc(C#N)c(Cl)c3)C(C3CCCC3)C2)cc1OC. The lowest BCUT2D eigenvalue weighted by Crippen LogP contribution is -2.32. The van der Waals surface area contributed by atoms with Gasteiger partial charge in [0, 0.05) is 12.0 Å². The second-order valence-electron chi connectivity index (χ2n) is 8.12.